The highest BCUT2D eigenvalue weighted by Gasteiger charge is 2.19. The summed E-state index contributed by atoms with van der Waals surface area (Å²) in [6.45, 7) is 4.08. The molecule has 0 radical (unpaired) electrons. The van der Waals surface area contributed by atoms with Crippen LogP contribution in [0, 0.1) is 5.82 Å². The van der Waals surface area contributed by atoms with E-state index in [1.165, 1.54) is 16.4 Å². The molecular formula is C20H25FN2O3S. The summed E-state index contributed by atoms with van der Waals surface area (Å²) >= 11 is 0. The Balaban J connectivity index is 2.19. The Morgan fingerprint density at radius 1 is 1.11 bits per heavy atom. The molecule has 0 saturated heterocycles. The number of sulfonamides is 1. The Hall–Kier alpha value is -2.41. The van der Waals surface area contributed by atoms with Crippen molar-refractivity contribution >= 4 is 21.6 Å². The Labute approximate surface area is 160 Å². The topological polar surface area (TPSA) is 66.5 Å². The van der Waals surface area contributed by atoms with Gasteiger partial charge in [-0.1, -0.05) is 25.5 Å². The van der Waals surface area contributed by atoms with Crippen LogP contribution in [0.1, 0.15) is 42.6 Å². The van der Waals surface area contributed by atoms with Gasteiger partial charge in [0.15, 0.2) is 0 Å². The van der Waals surface area contributed by atoms with Crippen LogP contribution in [-0.4, -0.2) is 26.6 Å². The second kappa shape index (κ2) is 8.99. The lowest BCUT2D eigenvalue weighted by Gasteiger charge is -2.23. The minimum Gasteiger partial charge on any atom is -0.350 e. The van der Waals surface area contributed by atoms with Gasteiger partial charge in [-0.05, 0) is 55.3 Å². The summed E-state index contributed by atoms with van der Waals surface area (Å²) in [5.74, 6) is -0.565. The minimum atomic E-state index is -3.55. The van der Waals surface area contributed by atoms with E-state index < -0.39 is 10.0 Å². The van der Waals surface area contributed by atoms with Gasteiger partial charge in [0.25, 0.3) is 5.91 Å². The van der Waals surface area contributed by atoms with Crippen LogP contribution in [0.25, 0.3) is 0 Å². The molecule has 5 nitrogen and oxygen atoms in total. The van der Waals surface area contributed by atoms with Crippen molar-refractivity contribution < 1.29 is 17.6 Å². The summed E-state index contributed by atoms with van der Waals surface area (Å²) in [7, 11) is -3.55. The fraction of sp³-hybridized carbons (Fsp3) is 0.350. The van der Waals surface area contributed by atoms with Crippen LogP contribution < -0.4 is 9.62 Å². The highest BCUT2D eigenvalue weighted by molar-refractivity contribution is 7.92. The molecule has 146 valence electrons. The van der Waals surface area contributed by atoms with Crippen LogP contribution in [0.3, 0.4) is 0 Å². The average molecular weight is 392 g/mol. The van der Waals surface area contributed by atoms with E-state index in [-0.39, 0.29) is 24.3 Å². The van der Waals surface area contributed by atoms with Gasteiger partial charge in [-0.15, -0.1) is 0 Å². The van der Waals surface area contributed by atoms with Gasteiger partial charge in [-0.3, -0.25) is 9.10 Å². The van der Waals surface area contributed by atoms with Crippen LogP contribution in [0.5, 0.6) is 0 Å². The molecule has 2 aromatic rings. The molecule has 1 N–H and O–H groups in total. The summed E-state index contributed by atoms with van der Waals surface area (Å²) < 4.78 is 38.7. The van der Waals surface area contributed by atoms with Gasteiger partial charge in [0.2, 0.25) is 10.0 Å². The zero-order valence-corrected chi connectivity index (χ0v) is 16.6. The third-order valence-corrected chi connectivity index (χ3v) is 5.30. The number of rotatable bonds is 8. The summed E-state index contributed by atoms with van der Waals surface area (Å²) in [5, 5.41) is 2.91. The molecular weight excluding hydrogens is 367 g/mol. The normalized spacial score (nSPS) is 12.4. The number of hydrogen-bond acceptors (Lipinski definition) is 3. The minimum absolute atomic E-state index is 0.0770. The molecule has 2 rings (SSSR count). The lowest BCUT2D eigenvalue weighted by atomic mass is 10.1. The Morgan fingerprint density at radius 2 is 1.70 bits per heavy atom. The molecule has 0 aliphatic rings. The van der Waals surface area contributed by atoms with Gasteiger partial charge < -0.3 is 5.32 Å². The first-order chi connectivity index (χ1) is 12.7. The number of hydrogen-bond donors (Lipinski definition) is 1. The SMILES string of the molecule is CCC[C@H](C)NC(=O)c1ccc(N(Cc2ccc(F)cc2)S(C)(=O)=O)cc1. The van der Waals surface area contributed by atoms with E-state index in [1.54, 1.807) is 36.4 Å². The Kier molecular flexibility index (Phi) is 6.96. The Morgan fingerprint density at radius 3 is 2.22 bits per heavy atom. The maximum atomic E-state index is 13.1. The van der Waals surface area contributed by atoms with Crippen molar-refractivity contribution in [1.82, 2.24) is 5.32 Å². The van der Waals surface area contributed by atoms with E-state index in [9.17, 15) is 17.6 Å². The predicted octanol–water partition coefficient (Wildman–Crippen LogP) is 3.71. The number of nitrogens with zero attached hydrogens (tertiary/aromatic N) is 1. The number of anilines is 1. The van der Waals surface area contributed by atoms with E-state index in [2.05, 4.69) is 12.2 Å². The molecule has 0 bridgehead atoms. The molecule has 2 aromatic carbocycles. The van der Waals surface area contributed by atoms with Gasteiger partial charge >= 0.3 is 0 Å². The number of carbonyl (C=O) groups excluding carboxylic acids is 1. The van der Waals surface area contributed by atoms with Crippen molar-refractivity contribution in [1.29, 1.82) is 0 Å². The highest BCUT2D eigenvalue weighted by Crippen LogP contribution is 2.21. The smallest absolute Gasteiger partial charge is 0.251 e. The number of amides is 1. The van der Waals surface area contributed by atoms with Crippen molar-refractivity contribution in [2.24, 2.45) is 0 Å². The summed E-state index contributed by atoms with van der Waals surface area (Å²) in [6, 6.07) is 12.2. The van der Waals surface area contributed by atoms with E-state index >= 15 is 0 Å². The average Bonchev–Trinajstić information content (AvgIpc) is 2.60. The van der Waals surface area contributed by atoms with Crippen molar-refractivity contribution in [2.45, 2.75) is 39.3 Å². The molecule has 0 aliphatic carbocycles. The fourth-order valence-corrected chi connectivity index (χ4v) is 3.64. The van der Waals surface area contributed by atoms with Gasteiger partial charge in [0.1, 0.15) is 5.82 Å². The first kappa shape index (κ1) is 20.9. The first-order valence-electron chi connectivity index (χ1n) is 8.83. The third-order valence-electron chi connectivity index (χ3n) is 4.16. The largest absolute Gasteiger partial charge is 0.350 e. The second-order valence-corrected chi connectivity index (χ2v) is 8.51. The predicted molar refractivity (Wildman–Crippen MR) is 106 cm³/mol. The van der Waals surface area contributed by atoms with E-state index in [1.807, 2.05) is 6.92 Å². The lowest BCUT2D eigenvalue weighted by molar-refractivity contribution is 0.0938. The molecule has 0 saturated carbocycles. The zero-order chi connectivity index (χ0) is 20.0. The van der Waals surface area contributed by atoms with Crippen molar-refractivity contribution in [3.63, 3.8) is 0 Å². The number of benzene rings is 2. The van der Waals surface area contributed by atoms with Crippen LogP contribution in [0.2, 0.25) is 0 Å². The molecule has 0 unspecified atom stereocenters. The van der Waals surface area contributed by atoms with Crippen molar-refractivity contribution in [3.05, 3.63) is 65.5 Å². The molecule has 0 aromatic heterocycles. The first-order valence-corrected chi connectivity index (χ1v) is 10.7. The summed E-state index contributed by atoms with van der Waals surface area (Å²) in [4.78, 5) is 12.3. The van der Waals surface area contributed by atoms with Crippen LogP contribution in [0.15, 0.2) is 48.5 Å². The van der Waals surface area contributed by atoms with Gasteiger partial charge in [0.05, 0.1) is 18.5 Å². The van der Waals surface area contributed by atoms with Crippen molar-refractivity contribution in [2.75, 3.05) is 10.6 Å². The maximum Gasteiger partial charge on any atom is 0.251 e. The Bertz CT molecular complexity index is 865. The maximum absolute atomic E-state index is 13.1. The third kappa shape index (κ3) is 6.06. The summed E-state index contributed by atoms with van der Waals surface area (Å²) in [5.41, 5.74) is 1.58. The molecule has 0 fully saturated rings. The van der Waals surface area contributed by atoms with Crippen LogP contribution >= 0.6 is 0 Å². The van der Waals surface area contributed by atoms with Gasteiger partial charge in [-0.25, -0.2) is 12.8 Å². The van der Waals surface area contributed by atoms with Gasteiger partial charge in [-0.2, -0.15) is 0 Å². The van der Waals surface area contributed by atoms with Gasteiger partial charge in [0, 0.05) is 11.6 Å². The number of carbonyl (C=O) groups is 1. The fourth-order valence-electron chi connectivity index (χ4n) is 2.75. The molecule has 1 amide bonds. The number of halogens is 1. The number of nitrogens with one attached hydrogen (secondary N) is 1. The zero-order valence-electron chi connectivity index (χ0n) is 15.8. The quantitative estimate of drug-likeness (QED) is 0.745. The molecule has 1 atom stereocenters. The monoisotopic (exact) mass is 392 g/mol. The van der Waals surface area contributed by atoms with Crippen LogP contribution in [-0.2, 0) is 16.6 Å². The standard InChI is InChI=1S/C20H25FN2O3S/c1-4-5-15(2)22-20(24)17-8-12-19(13-9-17)23(27(3,25)26)14-16-6-10-18(21)11-7-16/h6-13,15H,4-5,14H2,1-3H3,(H,22,24)/t15-/m0/s1. The van der Waals surface area contributed by atoms with E-state index in [0.29, 0.717) is 16.8 Å². The summed E-state index contributed by atoms with van der Waals surface area (Å²) in [6.07, 6.45) is 2.99. The molecule has 0 aliphatic heterocycles. The van der Waals surface area contributed by atoms with E-state index in [4.69, 9.17) is 0 Å². The lowest BCUT2D eigenvalue weighted by Crippen LogP contribution is -2.32. The molecule has 0 spiro atoms. The molecule has 27 heavy (non-hydrogen) atoms. The second-order valence-electron chi connectivity index (χ2n) is 6.61. The highest BCUT2D eigenvalue weighted by atomic mass is 32.2. The van der Waals surface area contributed by atoms with Crippen LogP contribution in [0.4, 0.5) is 10.1 Å². The van der Waals surface area contributed by atoms with Crippen molar-refractivity contribution in [3.8, 4) is 0 Å². The molecule has 7 heteroatoms. The molecule has 0 heterocycles. The van der Waals surface area contributed by atoms with E-state index in [0.717, 1.165) is 19.1 Å².